The van der Waals surface area contributed by atoms with Crippen molar-refractivity contribution in [3.8, 4) is 0 Å². The van der Waals surface area contributed by atoms with Crippen molar-refractivity contribution < 1.29 is 23.9 Å². The minimum absolute atomic E-state index is 0.120. The molecule has 1 fully saturated rings. The largest absolute Gasteiger partial charge is 0.458 e. The summed E-state index contributed by atoms with van der Waals surface area (Å²) in [5, 5.41) is 3.02. The Kier molecular flexibility index (Phi) is 9.15. The fraction of sp³-hybridized carbons (Fsp3) is 0.792. The maximum Gasteiger partial charge on any atom is 0.411 e. The number of carbonyl (C=O) groups is 3. The number of allylic oxidation sites excluding steroid dienone is 1. The maximum atomic E-state index is 13.3. The molecule has 0 aromatic rings. The van der Waals surface area contributed by atoms with Crippen LogP contribution in [-0.4, -0.2) is 52.2 Å². The number of nitrogens with zero attached hydrogens (tertiary/aromatic N) is 1. The molecule has 1 N–H and O–H groups in total. The fourth-order valence-electron chi connectivity index (χ4n) is 4.05. The minimum atomic E-state index is -0.788. The van der Waals surface area contributed by atoms with Crippen LogP contribution in [0.2, 0.25) is 0 Å². The van der Waals surface area contributed by atoms with Crippen molar-refractivity contribution in [3.63, 3.8) is 0 Å². The van der Waals surface area contributed by atoms with E-state index in [4.69, 9.17) is 9.47 Å². The lowest BCUT2D eigenvalue weighted by molar-refractivity contribution is -0.160. The molecule has 0 radical (unpaired) electrons. The first-order valence-corrected chi connectivity index (χ1v) is 11.2. The van der Waals surface area contributed by atoms with Gasteiger partial charge in [-0.3, -0.25) is 9.69 Å². The highest BCUT2D eigenvalue weighted by Gasteiger charge is 2.51. The second-order valence-electron chi connectivity index (χ2n) is 10.8. The second-order valence-corrected chi connectivity index (χ2v) is 10.8. The van der Waals surface area contributed by atoms with Crippen molar-refractivity contribution in [2.75, 3.05) is 0 Å². The smallest absolute Gasteiger partial charge is 0.411 e. The van der Waals surface area contributed by atoms with Gasteiger partial charge < -0.3 is 14.8 Å². The normalized spacial score (nSPS) is 23.2. The van der Waals surface area contributed by atoms with Gasteiger partial charge in [0.05, 0.1) is 12.1 Å². The van der Waals surface area contributed by atoms with Gasteiger partial charge in [0, 0.05) is 12.8 Å². The molecule has 1 rings (SSSR count). The molecule has 1 heterocycles. The third-order valence-electron chi connectivity index (χ3n) is 4.84. The van der Waals surface area contributed by atoms with Crippen molar-refractivity contribution in [1.29, 1.82) is 0 Å². The van der Waals surface area contributed by atoms with Crippen LogP contribution in [0.25, 0.3) is 0 Å². The number of likely N-dealkylation sites (tertiary alicyclic amines) is 1. The van der Waals surface area contributed by atoms with Gasteiger partial charge in [0.2, 0.25) is 5.91 Å². The Morgan fingerprint density at radius 3 is 2.03 bits per heavy atom. The zero-order valence-corrected chi connectivity index (χ0v) is 20.9. The molecule has 4 atom stereocenters. The van der Waals surface area contributed by atoms with E-state index in [0.717, 1.165) is 0 Å². The van der Waals surface area contributed by atoms with E-state index in [0.29, 0.717) is 12.8 Å². The van der Waals surface area contributed by atoms with Crippen LogP contribution in [0, 0.1) is 11.8 Å². The highest BCUT2D eigenvalue weighted by molar-refractivity contribution is 5.83. The standard InChI is InChI=1S/C24H42N2O5/c1-11-12-17-14-19(21(28)30-23(5,6)7)26(22(29)31-24(8,9)10)20(17)18(13-15(2)3)25-16(4)27/h11-12,15,17-20H,13-14H2,1-10H3,(H,25,27)/b12-11-/t17-,18-,19+,20+/m0/s1. The number of amides is 2. The Morgan fingerprint density at radius 1 is 1.06 bits per heavy atom. The summed E-state index contributed by atoms with van der Waals surface area (Å²) >= 11 is 0. The lowest BCUT2D eigenvalue weighted by Gasteiger charge is -2.38. The molecule has 0 aromatic heterocycles. The molecule has 1 saturated heterocycles. The van der Waals surface area contributed by atoms with Crippen LogP contribution in [0.5, 0.6) is 0 Å². The van der Waals surface area contributed by atoms with Crippen LogP contribution >= 0.6 is 0 Å². The Hall–Kier alpha value is -2.05. The molecule has 0 aliphatic carbocycles. The minimum Gasteiger partial charge on any atom is -0.458 e. The van der Waals surface area contributed by atoms with Crippen molar-refractivity contribution in [1.82, 2.24) is 10.2 Å². The highest BCUT2D eigenvalue weighted by atomic mass is 16.6. The van der Waals surface area contributed by atoms with Crippen molar-refractivity contribution >= 4 is 18.0 Å². The number of hydrogen-bond donors (Lipinski definition) is 1. The van der Waals surface area contributed by atoms with E-state index in [9.17, 15) is 14.4 Å². The van der Waals surface area contributed by atoms with E-state index in [2.05, 4.69) is 19.2 Å². The van der Waals surface area contributed by atoms with Crippen LogP contribution in [-0.2, 0) is 19.1 Å². The third-order valence-corrected chi connectivity index (χ3v) is 4.84. The molecule has 7 heteroatoms. The molecule has 0 spiro atoms. The van der Waals surface area contributed by atoms with Crippen molar-refractivity contribution in [2.45, 2.75) is 111 Å². The first kappa shape index (κ1) is 27.0. The molecule has 0 saturated carbocycles. The monoisotopic (exact) mass is 438 g/mol. The van der Waals surface area contributed by atoms with Gasteiger partial charge in [0.1, 0.15) is 17.2 Å². The molecule has 7 nitrogen and oxygen atoms in total. The molecular weight excluding hydrogens is 396 g/mol. The third kappa shape index (κ3) is 8.54. The molecule has 2 amide bonds. The van der Waals surface area contributed by atoms with Gasteiger partial charge in [-0.05, 0) is 67.2 Å². The lowest BCUT2D eigenvalue weighted by Crippen LogP contribution is -2.57. The van der Waals surface area contributed by atoms with Crippen LogP contribution < -0.4 is 5.32 Å². The summed E-state index contributed by atoms with van der Waals surface area (Å²) in [4.78, 5) is 40.0. The van der Waals surface area contributed by atoms with Crippen LogP contribution in [0.4, 0.5) is 4.79 Å². The van der Waals surface area contributed by atoms with Gasteiger partial charge in [-0.2, -0.15) is 0 Å². The Balaban J connectivity index is 3.50. The first-order valence-electron chi connectivity index (χ1n) is 11.2. The zero-order chi connectivity index (χ0) is 24.1. The van der Waals surface area contributed by atoms with Crippen molar-refractivity contribution in [2.24, 2.45) is 11.8 Å². The van der Waals surface area contributed by atoms with Gasteiger partial charge >= 0.3 is 12.1 Å². The SMILES string of the molecule is C/C=C\[C@H]1C[C@H](C(=O)OC(C)(C)C)N(C(=O)OC(C)(C)C)[C@H]1[C@H](CC(C)C)NC(C)=O. The molecular formula is C24H42N2O5. The van der Waals surface area contributed by atoms with E-state index < -0.39 is 35.3 Å². The second kappa shape index (κ2) is 10.5. The summed E-state index contributed by atoms with van der Waals surface area (Å²) in [7, 11) is 0. The number of ether oxygens (including phenoxy) is 2. The van der Waals surface area contributed by atoms with Gasteiger partial charge in [-0.15, -0.1) is 0 Å². The molecule has 1 aliphatic heterocycles. The van der Waals surface area contributed by atoms with Gasteiger partial charge in [-0.1, -0.05) is 26.0 Å². The molecule has 0 bridgehead atoms. The maximum absolute atomic E-state index is 13.3. The summed E-state index contributed by atoms with van der Waals surface area (Å²) in [6.07, 6.45) is 4.43. The number of carbonyl (C=O) groups excluding carboxylic acids is 3. The predicted octanol–water partition coefficient (Wildman–Crippen LogP) is 4.45. The van der Waals surface area contributed by atoms with Crippen LogP contribution in [0.3, 0.4) is 0 Å². The van der Waals surface area contributed by atoms with Gasteiger partial charge in [-0.25, -0.2) is 9.59 Å². The average Bonchev–Trinajstić information content (AvgIpc) is 2.90. The molecule has 31 heavy (non-hydrogen) atoms. The molecule has 1 aliphatic rings. The summed E-state index contributed by atoms with van der Waals surface area (Å²) in [5.41, 5.74) is -1.40. The van der Waals surface area contributed by atoms with E-state index >= 15 is 0 Å². The van der Waals surface area contributed by atoms with Gasteiger partial charge in [0.15, 0.2) is 0 Å². The predicted molar refractivity (Wildman–Crippen MR) is 121 cm³/mol. The van der Waals surface area contributed by atoms with Crippen LogP contribution in [0.15, 0.2) is 12.2 Å². The summed E-state index contributed by atoms with van der Waals surface area (Å²) < 4.78 is 11.3. The zero-order valence-electron chi connectivity index (χ0n) is 20.9. The van der Waals surface area contributed by atoms with E-state index in [1.165, 1.54) is 11.8 Å². The number of nitrogens with one attached hydrogen (secondary N) is 1. The number of esters is 1. The quantitative estimate of drug-likeness (QED) is 0.489. The molecule has 178 valence electrons. The summed E-state index contributed by atoms with van der Waals surface area (Å²) in [5.74, 6) is -0.467. The number of hydrogen-bond acceptors (Lipinski definition) is 5. The topological polar surface area (TPSA) is 84.9 Å². The first-order chi connectivity index (χ1) is 14.1. The summed E-state index contributed by atoms with van der Waals surface area (Å²) in [6, 6.07) is -1.53. The summed E-state index contributed by atoms with van der Waals surface area (Å²) in [6.45, 7) is 18.3. The highest BCUT2D eigenvalue weighted by Crippen LogP contribution is 2.37. The number of rotatable bonds is 6. The Labute approximate surface area is 187 Å². The van der Waals surface area contributed by atoms with Crippen molar-refractivity contribution in [3.05, 3.63) is 12.2 Å². The Bertz CT molecular complexity index is 672. The lowest BCUT2D eigenvalue weighted by atomic mass is 9.88. The molecule has 0 unspecified atom stereocenters. The van der Waals surface area contributed by atoms with E-state index in [1.54, 1.807) is 41.5 Å². The fourth-order valence-corrected chi connectivity index (χ4v) is 4.05. The van der Waals surface area contributed by atoms with E-state index in [-0.39, 0.29) is 23.8 Å². The van der Waals surface area contributed by atoms with Gasteiger partial charge in [0.25, 0.3) is 0 Å². The van der Waals surface area contributed by atoms with Crippen LogP contribution in [0.1, 0.15) is 82.1 Å². The average molecular weight is 439 g/mol. The van der Waals surface area contributed by atoms with E-state index in [1.807, 2.05) is 19.1 Å². The molecule has 0 aromatic carbocycles. The Morgan fingerprint density at radius 2 is 1.61 bits per heavy atom.